The lowest BCUT2D eigenvalue weighted by atomic mass is 10.0. The maximum atomic E-state index is 13.0. The first-order chi connectivity index (χ1) is 40.5. The van der Waals surface area contributed by atoms with Crippen LogP contribution >= 0.6 is 15.6 Å². The highest BCUT2D eigenvalue weighted by Crippen LogP contribution is 2.45. The predicted molar refractivity (Wildman–Crippen MR) is 335 cm³/mol. The zero-order valence-corrected chi connectivity index (χ0v) is 55.8. The van der Waals surface area contributed by atoms with E-state index < -0.39 is 97.5 Å². The third kappa shape index (κ3) is 59.0. The van der Waals surface area contributed by atoms with Crippen molar-refractivity contribution >= 4 is 39.5 Å². The van der Waals surface area contributed by atoms with E-state index in [1.165, 1.54) is 148 Å². The van der Waals surface area contributed by atoms with Crippen LogP contribution in [-0.2, 0) is 65.4 Å². The summed E-state index contributed by atoms with van der Waals surface area (Å²) in [5.41, 5.74) is 0. The smallest absolute Gasteiger partial charge is 0.462 e. The normalized spacial score (nSPS) is 14.2. The Labute approximate surface area is 511 Å². The molecule has 2 unspecified atom stereocenters. The summed E-state index contributed by atoms with van der Waals surface area (Å²) in [5, 5.41) is 10.5. The Hall–Kier alpha value is -1.94. The number of carbonyl (C=O) groups excluding carboxylic acids is 4. The lowest BCUT2D eigenvalue weighted by Gasteiger charge is -2.21. The molecule has 0 bridgehead atoms. The van der Waals surface area contributed by atoms with Gasteiger partial charge >= 0.3 is 39.5 Å². The van der Waals surface area contributed by atoms with Gasteiger partial charge in [0.2, 0.25) is 0 Å². The Bertz CT molecular complexity index is 1640. The van der Waals surface area contributed by atoms with Crippen LogP contribution in [0.1, 0.15) is 330 Å². The van der Waals surface area contributed by atoms with Gasteiger partial charge < -0.3 is 33.8 Å². The fourth-order valence-corrected chi connectivity index (χ4v) is 11.3. The average molecular weight is 1240 g/mol. The number of aliphatic hydroxyl groups excluding tert-OH is 1. The molecule has 5 atom stereocenters. The molecule has 0 rings (SSSR count). The molecule has 0 aliphatic rings. The van der Waals surface area contributed by atoms with Crippen molar-refractivity contribution < 1.29 is 80.2 Å². The second-order valence-corrected chi connectivity index (χ2v) is 26.9. The molecular weight excluding hydrogens is 1110 g/mol. The number of hydrogen-bond donors (Lipinski definition) is 3. The van der Waals surface area contributed by atoms with Crippen molar-refractivity contribution in [3.05, 3.63) is 0 Å². The molecule has 0 fully saturated rings. The van der Waals surface area contributed by atoms with Crippen molar-refractivity contribution in [2.24, 2.45) is 5.92 Å². The van der Waals surface area contributed by atoms with Crippen LogP contribution in [0.2, 0.25) is 0 Å². The van der Waals surface area contributed by atoms with Crippen molar-refractivity contribution in [2.45, 2.75) is 348 Å². The third-order valence-corrected chi connectivity index (χ3v) is 16.9. The van der Waals surface area contributed by atoms with Gasteiger partial charge in [0.05, 0.1) is 26.4 Å². The molecule has 84 heavy (non-hydrogen) atoms. The van der Waals surface area contributed by atoms with Crippen LogP contribution < -0.4 is 0 Å². The lowest BCUT2D eigenvalue weighted by Crippen LogP contribution is -2.30. The highest BCUT2D eigenvalue weighted by Gasteiger charge is 2.30. The van der Waals surface area contributed by atoms with Crippen LogP contribution in [0, 0.1) is 5.92 Å². The average Bonchev–Trinajstić information content (AvgIpc) is 3.62. The summed E-state index contributed by atoms with van der Waals surface area (Å²) in [6.45, 7) is 7.10. The number of aliphatic hydroxyl groups is 1. The monoisotopic (exact) mass is 1240 g/mol. The van der Waals surface area contributed by atoms with E-state index in [1.54, 1.807) is 0 Å². The number of esters is 4. The molecule has 0 saturated heterocycles. The Morgan fingerprint density at radius 2 is 0.548 bits per heavy atom. The first-order valence-corrected chi connectivity index (χ1v) is 37.1. The minimum Gasteiger partial charge on any atom is -0.462 e. The molecule has 498 valence electrons. The first kappa shape index (κ1) is 82.1. The van der Waals surface area contributed by atoms with E-state index in [2.05, 4.69) is 34.6 Å². The Kier molecular flexibility index (Phi) is 57.4. The molecule has 0 aliphatic heterocycles. The summed E-state index contributed by atoms with van der Waals surface area (Å²) in [6.07, 6.45) is 43.5. The Balaban J connectivity index is 5.15. The quantitative estimate of drug-likeness (QED) is 0.0222. The number of ether oxygens (including phenoxy) is 4. The molecule has 0 spiro atoms. The fourth-order valence-electron chi connectivity index (χ4n) is 9.76. The van der Waals surface area contributed by atoms with Crippen molar-refractivity contribution in [2.75, 3.05) is 39.6 Å². The summed E-state index contributed by atoms with van der Waals surface area (Å²) < 4.78 is 67.8. The highest BCUT2D eigenvalue weighted by atomic mass is 31.2. The van der Waals surface area contributed by atoms with Gasteiger partial charge in [-0.15, -0.1) is 0 Å². The number of carbonyl (C=O) groups is 4. The van der Waals surface area contributed by atoms with Crippen LogP contribution in [0.3, 0.4) is 0 Å². The van der Waals surface area contributed by atoms with Crippen LogP contribution in [0.25, 0.3) is 0 Å². The van der Waals surface area contributed by atoms with Gasteiger partial charge in [0.25, 0.3) is 0 Å². The summed E-state index contributed by atoms with van der Waals surface area (Å²) in [7, 11) is -9.88. The fraction of sp³-hybridized carbons (Fsp3) is 0.938. The zero-order valence-electron chi connectivity index (χ0n) is 54.0. The number of unbranched alkanes of at least 4 members (excludes halogenated alkanes) is 37. The van der Waals surface area contributed by atoms with Gasteiger partial charge in [-0.3, -0.25) is 37.3 Å². The number of hydrogen-bond acceptors (Lipinski definition) is 15. The highest BCUT2D eigenvalue weighted by molar-refractivity contribution is 7.47. The van der Waals surface area contributed by atoms with E-state index in [9.17, 15) is 43.2 Å². The van der Waals surface area contributed by atoms with Gasteiger partial charge in [0, 0.05) is 25.7 Å². The van der Waals surface area contributed by atoms with Gasteiger partial charge in [-0.05, 0) is 31.6 Å². The molecule has 0 amide bonds. The SMILES string of the molecule is CCCCCCCCCCCCCCCCCCCC(=O)O[C@H](COC(=O)CCCCCCCCCCCCC(C)C)COP(=O)(O)OC[C@@H](O)COP(=O)(O)OC[C@@H](COC(=O)CCCCCCC)OC(=O)CCCCCCCCCCC. The Morgan fingerprint density at radius 1 is 0.321 bits per heavy atom. The van der Waals surface area contributed by atoms with E-state index in [1.807, 2.05) is 0 Å². The third-order valence-electron chi connectivity index (χ3n) is 15.0. The molecule has 0 aromatic carbocycles. The van der Waals surface area contributed by atoms with Crippen LogP contribution in [0.15, 0.2) is 0 Å². The summed E-state index contributed by atoms with van der Waals surface area (Å²) >= 11 is 0. The molecule has 0 saturated carbocycles. The molecule has 0 heterocycles. The summed E-state index contributed by atoms with van der Waals surface area (Å²) in [4.78, 5) is 72.0. The van der Waals surface area contributed by atoms with E-state index in [-0.39, 0.29) is 25.7 Å². The van der Waals surface area contributed by atoms with E-state index in [0.717, 1.165) is 102 Å². The maximum Gasteiger partial charge on any atom is 0.472 e. The minimum absolute atomic E-state index is 0.105. The zero-order chi connectivity index (χ0) is 62.0. The van der Waals surface area contributed by atoms with Gasteiger partial charge in [-0.2, -0.15) is 0 Å². The molecular formula is C65H126O17P2. The molecule has 0 aromatic heterocycles. The molecule has 0 radical (unpaired) electrons. The van der Waals surface area contributed by atoms with E-state index in [4.69, 9.17) is 37.0 Å². The second-order valence-electron chi connectivity index (χ2n) is 24.0. The van der Waals surface area contributed by atoms with Gasteiger partial charge in [0.15, 0.2) is 12.2 Å². The van der Waals surface area contributed by atoms with Gasteiger partial charge in [0.1, 0.15) is 19.3 Å². The van der Waals surface area contributed by atoms with Crippen LogP contribution in [-0.4, -0.2) is 96.7 Å². The van der Waals surface area contributed by atoms with Crippen LogP contribution in [0.4, 0.5) is 0 Å². The molecule has 3 N–H and O–H groups in total. The lowest BCUT2D eigenvalue weighted by molar-refractivity contribution is -0.161. The van der Waals surface area contributed by atoms with Gasteiger partial charge in [-0.25, -0.2) is 9.13 Å². The summed E-state index contributed by atoms with van der Waals surface area (Å²) in [6, 6.07) is 0. The van der Waals surface area contributed by atoms with Crippen molar-refractivity contribution in [1.29, 1.82) is 0 Å². The predicted octanol–water partition coefficient (Wildman–Crippen LogP) is 18.2. The maximum absolute atomic E-state index is 13.0. The van der Waals surface area contributed by atoms with Crippen LogP contribution in [0.5, 0.6) is 0 Å². The first-order valence-electron chi connectivity index (χ1n) is 34.1. The minimum atomic E-state index is -4.94. The van der Waals surface area contributed by atoms with E-state index >= 15 is 0 Å². The van der Waals surface area contributed by atoms with Crippen molar-refractivity contribution in [3.63, 3.8) is 0 Å². The topological polar surface area (TPSA) is 237 Å². The number of rotatable bonds is 65. The van der Waals surface area contributed by atoms with Gasteiger partial charge in [-0.1, -0.05) is 279 Å². The Morgan fingerprint density at radius 3 is 0.810 bits per heavy atom. The molecule has 19 heteroatoms. The molecule has 0 aromatic rings. The molecule has 17 nitrogen and oxygen atoms in total. The number of phosphoric ester groups is 2. The standard InChI is InChI=1S/C65H126O17P2/c1-6-9-12-15-17-19-20-21-22-23-24-25-26-32-36-41-46-51-65(70)82-61(55-76-63(68)49-44-39-34-31-28-27-30-33-38-42-47-58(4)5)57-80-84(73,74)78-53-59(66)52-77-83(71,72)79-56-60(54-75-62(67)48-43-37-14-11-8-3)81-64(69)50-45-40-35-29-18-16-13-10-7-2/h58-61,66H,6-57H2,1-5H3,(H,71,72)(H,73,74)/t59-,60+,61+/m0/s1. The van der Waals surface area contributed by atoms with Crippen molar-refractivity contribution in [1.82, 2.24) is 0 Å². The number of phosphoric acid groups is 2. The largest absolute Gasteiger partial charge is 0.472 e. The summed E-state index contributed by atoms with van der Waals surface area (Å²) in [5.74, 6) is -1.38. The molecule has 0 aliphatic carbocycles. The van der Waals surface area contributed by atoms with Crippen molar-refractivity contribution in [3.8, 4) is 0 Å². The second kappa shape index (κ2) is 58.7. The van der Waals surface area contributed by atoms with E-state index in [0.29, 0.717) is 25.7 Å².